The van der Waals surface area contributed by atoms with Gasteiger partial charge in [0.25, 0.3) is 5.91 Å². The second kappa shape index (κ2) is 4.12. The molecular weight excluding hydrogens is 272 g/mol. The number of amides is 2. The molecule has 1 spiro atoms. The Morgan fingerprint density at radius 3 is 2.57 bits per heavy atom. The van der Waals surface area contributed by atoms with Gasteiger partial charge in [0.2, 0.25) is 0 Å². The Labute approximate surface area is 125 Å². The smallest absolute Gasteiger partial charge is 0.412 e. The van der Waals surface area contributed by atoms with Gasteiger partial charge < -0.3 is 14.4 Å². The third-order valence-electron chi connectivity index (χ3n) is 4.43. The fraction of sp³-hybridized carbons (Fsp3) is 0.867. The Morgan fingerprint density at radius 2 is 2.05 bits per heavy atom. The monoisotopic (exact) mass is 296 g/mol. The quantitative estimate of drug-likeness (QED) is 0.639. The van der Waals surface area contributed by atoms with Crippen molar-refractivity contribution in [2.75, 3.05) is 13.2 Å². The summed E-state index contributed by atoms with van der Waals surface area (Å²) in [6, 6.07) is 0. The maximum atomic E-state index is 12.6. The van der Waals surface area contributed by atoms with E-state index in [1.807, 2.05) is 34.6 Å². The van der Waals surface area contributed by atoms with Crippen molar-refractivity contribution in [3.63, 3.8) is 0 Å². The lowest BCUT2D eigenvalue weighted by molar-refractivity contribution is -0.208. The molecule has 118 valence electrons. The molecule has 0 aliphatic carbocycles. The number of carbonyl (C=O) groups excluding carboxylic acids is 2. The van der Waals surface area contributed by atoms with Crippen LogP contribution in [0.25, 0.3) is 0 Å². The summed E-state index contributed by atoms with van der Waals surface area (Å²) >= 11 is 0. The van der Waals surface area contributed by atoms with Crippen molar-refractivity contribution in [1.82, 2.24) is 9.80 Å². The zero-order valence-electron chi connectivity index (χ0n) is 13.4. The SMILES string of the molecule is CC(C)(C)OC(=O)N1CC(C)(C)N2C(=O)[C@]3(CCCO3)[C@@H]12. The first-order valence-corrected chi connectivity index (χ1v) is 7.56. The third-order valence-corrected chi connectivity index (χ3v) is 4.43. The van der Waals surface area contributed by atoms with Crippen LogP contribution in [0.1, 0.15) is 47.5 Å². The summed E-state index contributed by atoms with van der Waals surface area (Å²) in [5.74, 6) is 0.0149. The van der Waals surface area contributed by atoms with Gasteiger partial charge in [0.05, 0.1) is 5.54 Å². The van der Waals surface area contributed by atoms with Crippen LogP contribution in [-0.2, 0) is 14.3 Å². The first kappa shape index (κ1) is 14.6. The Kier molecular flexibility index (Phi) is 2.87. The van der Waals surface area contributed by atoms with E-state index in [0.29, 0.717) is 19.6 Å². The number of fused-ring (bicyclic) bond motifs is 2. The first-order chi connectivity index (χ1) is 9.58. The lowest BCUT2D eigenvalue weighted by Gasteiger charge is -2.54. The highest BCUT2D eigenvalue weighted by atomic mass is 16.6. The molecule has 0 aromatic carbocycles. The third kappa shape index (κ3) is 1.95. The van der Waals surface area contributed by atoms with Crippen LogP contribution in [0.4, 0.5) is 4.79 Å². The van der Waals surface area contributed by atoms with Crippen molar-refractivity contribution in [3.05, 3.63) is 0 Å². The highest BCUT2D eigenvalue weighted by molar-refractivity contribution is 5.96. The zero-order chi connectivity index (χ0) is 15.6. The summed E-state index contributed by atoms with van der Waals surface area (Å²) in [5, 5.41) is 0. The highest BCUT2D eigenvalue weighted by Crippen LogP contribution is 2.51. The second-order valence-corrected chi connectivity index (χ2v) is 7.81. The maximum absolute atomic E-state index is 12.6. The largest absolute Gasteiger partial charge is 0.444 e. The lowest BCUT2D eigenvalue weighted by Crippen LogP contribution is -2.77. The van der Waals surface area contributed by atoms with Crippen LogP contribution in [0.5, 0.6) is 0 Å². The van der Waals surface area contributed by atoms with Gasteiger partial charge in [-0.2, -0.15) is 0 Å². The molecule has 0 N–H and O–H groups in total. The summed E-state index contributed by atoms with van der Waals surface area (Å²) in [6.45, 7) is 10.5. The molecule has 3 aliphatic rings. The van der Waals surface area contributed by atoms with Gasteiger partial charge in [-0.1, -0.05) is 0 Å². The molecule has 6 nitrogen and oxygen atoms in total. The minimum atomic E-state index is -0.829. The molecule has 0 bridgehead atoms. The van der Waals surface area contributed by atoms with Gasteiger partial charge in [-0.3, -0.25) is 9.69 Å². The molecule has 0 unspecified atom stereocenters. The Bertz CT molecular complexity index is 488. The van der Waals surface area contributed by atoms with Crippen LogP contribution in [0.3, 0.4) is 0 Å². The summed E-state index contributed by atoms with van der Waals surface area (Å²) in [7, 11) is 0. The molecule has 3 rings (SSSR count). The molecule has 3 saturated heterocycles. The van der Waals surface area contributed by atoms with Gasteiger partial charge in [-0.05, 0) is 47.5 Å². The van der Waals surface area contributed by atoms with Crippen molar-refractivity contribution in [3.8, 4) is 0 Å². The predicted molar refractivity (Wildman–Crippen MR) is 75.6 cm³/mol. The molecule has 3 aliphatic heterocycles. The molecule has 3 fully saturated rings. The molecule has 2 amide bonds. The number of nitrogens with zero attached hydrogens (tertiary/aromatic N) is 2. The van der Waals surface area contributed by atoms with E-state index in [0.717, 1.165) is 6.42 Å². The van der Waals surface area contributed by atoms with Gasteiger partial charge >= 0.3 is 6.09 Å². The minimum absolute atomic E-state index is 0.0149. The molecule has 0 aromatic heterocycles. The van der Waals surface area contributed by atoms with Gasteiger partial charge in [0.1, 0.15) is 11.8 Å². The summed E-state index contributed by atoms with van der Waals surface area (Å²) in [6.07, 6.45) is 0.851. The number of hydrogen-bond acceptors (Lipinski definition) is 4. The Hall–Kier alpha value is -1.30. The van der Waals surface area contributed by atoms with Crippen LogP contribution in [0.15, 0.2) is 0 Å². The van der Waals surface area contributed by atoms with Crippen LogP contribution >= 0.6 is 0 Å². The standard InChI is InChI=1S/C15H24N2O4/c1-13(2,3)21-12(19)16-9-14(4,5)17-10(16)15(11(17)18)7-6-8-20-15/h10H,6-9H2,1-5H3/t10-,15-/m0/s1. The molecule has 6 heteroatoms. The predicted octanol–water partition coefficient (Wildman–Crippen LogP) is 1.73. The molecule has 0 aromatic rings. The van der Waals surface area contributed by atoms with Crippen molar-refractivity contribution >= 4 is 12.0 Å². The van der Waals surface area contributed by atoms with E-state index < -0.39 is 11.2 Å². The fourth-order valence-corrected chi connectivity index (χ4v) is 3.66. The number of rotatable bonds is 0. The number of carbonyl (C=O) groups is 2. The zero-order valence-corrected chi connectivity index (χ0v) is 13.4. The Balaban J connectivity index is 1.88. The molecule has 0 saturated carbocycles. The van der Waals surface area contributed by atoms with Crippen molar-refractivity contribution < 1.29 is 19.1 Å². The van der Waals surface area contributed by atoms with Gasteiger partial charge in [-0.25, -0.2) is 4.79 Å². The molecule has 0 radical (unpaired) electrons. The maximum Gasteiger partial charge on any atom is 0.412 e. The van der Waals surface area contributed by atoms with Crippen LogP contribution in [0, 0.1) is 0 Å². The van der Waals surface area contributed by atoms with Crippen LogP contribution < -0.4 is 0 Å². The molecule has 21 heavy (non-hydrogen) atoms. The summed E-state index contributed by atoms with van der Waals surface area (Å²) in [5.41, 5.74) is -1.76. The van der Waals surface area contributed by atoms with Crippen molar-refractivity contribution in [2.24, 2.45) is 0 Å². The Morgan fingerprint density at radius 1 is 1.38 bits per heavy atom. The first-order valence-electron chi connectivity index (χ1n) is 7.56. The van der Waals surface area contributed by atoms with E-state index >= 15 is 0 Å². The normalized spacial score (nSPS) is 34.1. The van der Waals surface area contributed by atoms with Crippen molar-refractivity contribution in [2.45, 2.75) is 70.4 Å². The number of β-lactam (4-membered cyclic amide) rings is 1. The average Bonchev–Trinajstić information content (AvgIpc) is 2.88. The lowest BCUT2D eigenvalue weighted by atomic mass is 9.83. The average molecular weight is 296 g/mol. The van der Waals surface area contributed by atoms with E-state index in [4.69, 9.17) is 9.47 Å². The fourth-order valence-electron chi connectivity index (χ4n) is 3.66. The van der Waals surface area contributed by atoms with E-state index in [1.54, 1.807) is 9.80 Å². The van der Waals surface area contributed by atoms with Gasteiger partial charge in [-0.15, -0.1) is 0 Å². The van der Waals surface area contributed by atoms with Gasteiger partial charge in [0, 0.05) is 13.2 Å². The number of hydrogen-bond donors (Lipinski definition) is 0. The van der Waals surface area contributed by atoms with Crippen molar-refractivity contribution in [1.29, 1.82) is 0 Å². The topological polar surface area (TPSA) is 59.1 Å². The van der Waals surface area contributed by atoms with E-state index in [2.05, 4.69) is 0 Å². The second-order valence-electron chi connectivity index (χ2n) is 7.81. The highest BCUT2D eigenvalue weighted by Gasteiger charge is 2.73. The summed E-state index contributed by atoms with van der Waals surface area (Å²) < 4.78 is 11.3. The number of ether oxygens (including phenoxy) is 2. The van der Waals surface area contributed by atoms with E-state index in [-0.39, 0.29) is 23.7 Å². The van der Waals surface area contributed by atoms with Crippen LogP contribution in [0.2, 0.25) is 0 Å². The van der Waals surface area contributed by atoms with E-state index in [1.165, 1.54) is 0 Å². The van der Waals surface area contributed by atoms with E-state index in [9.17, 15) is 9.59 Å². The van der Waals surface area contributed by atoms with Crippen LogP contribution in [-0.4, -0.2) is 57.9 Å². The molecule has 2 atom stereocenters. The van der Waals surface area contributed by atoms with Gasteiger partial charge in [0.15, 0.2) is 5.60 Å². The molecular formula is C15H24N2O4. The summed E-state index contributed by atoms with van der Waals surface area (Å²) in [4.78, 5) is 28.5. The molecule has 3 heterocycles. The minimum Gasteiger partial charge on any atom is -0.444 e.